The van der Waals surface area contributed by atoms with Gasteiger partial charge in [-0.15, -0.1) is 5.10 Å². The van der Waals surface area contributed by atoms with E-state index in [1.54, 1.807) is 59.1 Å². The Morgan fingerprint density at radius 2 is 1.59 bits per heavy atom. The van der Waals surface area contributed by atoms with Gasteiger partial charge in [-0.3, -0.25) is 19.2 Å². The second kappa shape index (κ2) is 16.0. The maximum Gasteiger partial charge on any atom is 0.266 e. The molecule has 0 aliphatic carbocycles. The van der Waals surface area contributed by atoms with Crippen molar-refractivity contribution in [2.45, 2.75) is 66.1 Å². The van der Waals surface area contributed by atoms with Crippen molar-refractivity contribution < 1.29 is 37.0 Å². The number of sulfonamides is 1. The third-order valence-corrected chi connectivity index (χ3v) is 15.6. The number of rotatable bonds is 18. The highest BCUT2D eigenvalue weighted by Gasteiger charge is 2.77. The summed E-state index contributed by atoms with van der Waals surface area (Å²) in [6, 6.07) is 23.3. The molecule has 0 unspecified atom stereocenters. The van der Waals surface area contributed by atoms with Crippen LogP contribution in [0.5, 0.6) is 5.75 Å². The van der Waals surface area contributed by atoms with Gasteiger partial charge in [0.15, 0.2) is 10.2 Å². The monoisotopic (exact) mass is 820 g/mol. The fraction of sp³-hybridized carbons (Fsp3) is 0.436. The Labute approximate surface area is 334 Å². The fourth-order valence-electron chi connectivity index (χ4n) is 8.08. The number of hydrogen-bond donors (Lipinski definition) is 0. The first-order chi connectivity index (χ1) is 27.2. The molecule has 4 aromatic rings. The predicted molar refractivity (Wildman–Crippen MR) is 211 cm³/mol. The molecule has 3 aromatic carbocycles. The normalized spacial score (nSPS) is 23.8. The summed E-state index contributed by atoms with van der Waals surface area (Å²) in [6.45, 7) is 6.25. The Kier molecular flexibility index (Phi) is 11.1. The second-order valence-corrected chi connectivity index (χ2v) is 18.4. The van der Waals surface area contributed by atoms with Gasteiger partial charge in [0.1, 0.15) is 17.6 Å². The van der Waals surface area contributed by atoms with Crippen LogP contribution >= 0.6 is 21.6 Å². The Hall–Kier alpha value is -4.13. The fourth-order valence-corrected chi connectivity index (χ4v) is 13.2. The Morgan fingerprint density at radius 1 is 0.875 bits per heavy atom. The molecule has 1 spiro atoms. The van der Waals surface area contributed by atoms with Gasteiger partial charge >= 0.3 is 0 Å². The lowest BCUT2D eigenvalue weighted by Gasteiger charge is -2.53. The van der Waals surface area contributed by atoms with E-state index < -0.39 is 31.8 Å². The quantitative estimate of drug-likeness (QED) is 0.102. The van der Waals surface area contributed by atoms with E-state index in [4.69, 9.17) is 18.9 Å². The summed E-state index contributed by atoms with van der Waals surface area (Å²) in [5, 5.41) is 7.65. The highest BCUT2D eigenvalue weighted by molar-refractivity contribution is 8.78. The third kappa shape index (κ3) is 6.65. The van der Waals surface area contributed by atoms with Gasteiger partial charge in [-0.2, -0.15) is 0 Å². The average molecular weight is 821 g/mol. The molecule has 0 N–H and O–H groups in total. The average Bonchev–Trinajstić information content (AvgIpc) is 3.88. The first-order valence-electron chi connectivity index (χ1n) is 18.7. The van der Waals surface area contributed by atoms with Crippen molar-refractivity contribution >= 4 is 49.1 Å². The first-order valence-corrected chi connectivity index (χ1v) is 22.4. The zero-order chi connectivity index (χ0) is 38.9. The van der Waals surface area contributed by atoms with Crippen molar-refractivity contribution in [2.24, 2.45) is 0 Å². The lowest BCUT2D eigenvalue weighted by Crippen LogP contribution is -2.72. The van der Waals surface area contributed by atoms with Crippen LogP contribution in [0.25, 0.3) is 0 Å². The lowest BCUT2D eigenvalue weighted by atomic mass is 9.72. The van der Waals surface area contributed by atoms with Crippen molar-refractivity contribution in [3.05, 3.63) is 102 Å². The van der Waals surface area contributed by atoms with Crippen molar-refractivity contribution in [1.82, 2.24) is 24.8 Å². The van der Waals surface area contributed by atoms with Gasteiger partial charge in [0.2, 0.25) is 0 Å². The minimum atomic E-state index is -4.19. The standard InChI is InChI=1S/C39H44N6O8S3/c1-3-19-50-21-22-51-23-24-52-26-29-25-43(41-40-29)18-9-20-53-30-16-14-28(15-17-30)38-27-39-37(47)42(2)35(54-55-39)34(46)44(39)36(38)45(33-13-8-7-12-32(33)38)56(48,49)31-10-5-4-6-11-31/h4-8,10-17,25,35-36H,3,9,18-24,26-27H2,1-2H3/t35-,36-,38-,39-/m0/s1. The van der Waals surface area contributed by atoms with Crippen LogP contribution in [0.1, 0.15) is 43.0 Å². The SMILES string of the molecule is CCCOCCOCCOCc1cn(CCCOc2ccc([C@]34C[C@@]56SS[C@@H](C(=O)N5[C@H]3N(S(=O)(=O)c3ccccc3)c3ccccc34)N(C)C6=O)cc2)nn1. The molecule has 296 valence electrons. The molecule has 4 saturated heterocycles. The molecule has 5 aliphatic rings. The van der Waals surface area contributed by atoms with Gasteiger partial charge in [-0.05, 0) is 47.9 Å². The molecule has 9 rings (SSSR count). The van der Waals surface area contributed by atoms with Gasteiger partial charge in [-0.25, -0.2) is 12.7 Å². The number of aryl methyl sites for hydroxylation is 1. The highest BCUT2D eigenvalue weighted by atomic mass is 33.1. The minimum absolute atomic E-state index is 0.107. The number of nitrogens with zero attached hydrogens (tertiary/aromatic N) is 6. The molecule has 17 heteroatoms. The summed E-state index contributed by atoms with van der Waals surface area (Å²) in [6.07, 6.45) is 2.71. The van der Waals surface area contributed by atoms with E-state index in [0.29, 0.717) is 64.0 Å². The minimum Gasteiger partial charge on any atom is -0.494 e. The van der Waals surface area contributed by atoms with Crippen LogP contribution in [0, 0.1) is 0 Å². The Bertz CT molecular complexity index is 2160. The van der Waals surface area contributed by atoms with Crippen LogP contribution in [-0.2, 0) is 52.4 Å². The first kappa shape index (κ1) is 38.7. The van der Waals surface area contributed by atoms with Crippen LogP contribution in [0.2, 0.25) is 0 Å². The summed E-state index contributed by atoms with van der Waals surface area (Å²) in [4.78, 5) is 30.4. The molecule has 1 aromatic heterocycles. The Balaban J connectivity index is 0.977. The van der Waals surface area contributed by atoms with Crippen molar-refractivity contribution in [3.63, 3.8) is 0 Å². The van der Waals surface area contributed by atoms with Gasteiger partial charge < -0.3 is 23.8 Å². The van der Waals surface area contributed by atoms with Gasteiger partial charge in [-0.1, -0.05) is 82.3 Å². The lowest BCUT2D eigenvalue weighted by molar-refractivity contribution is -0.158. The number of likely N-dealkylation sites (N-methyl/N-ethyl adjacent to an activating group) is 1. The summed E-state index contributed by atoms with van der Waals surface area (Å²) in [5.41, 5.74) is 1.71. The molecule has 4 atom stereocenters. The number of piperazine rings is 1. The molecular formula is C39H44N6O8S3. The summed E-state index contributed by atoms with van der Waals surface area (Å²) >= 11 is 0. The molecule has 56 heavy (non-hydrogen) atoms. The molecule has 0 radical (unpaired) electrons. The Morgan fingerprint density at radius 3 is 2.36 bits per heavy atom. The van der Waals surface area contributed by atoms with E-state index in [1.807, 2.05) is 42.6 Å². The van der Waals surface area contributed by atoms with Gasteiger partial charge in [0, 0.05) is 33.0 Å². The van der Waals surface area contributed by atoms with E-state index in [0.717, 1.165) is 29.8 Å². The van der Waals surface area contributed by atoms with Gasteiger partial charge in [0.05, 0.1) is 61.8 Å². The number of anilines is 1. The number of carbonyl (C=O) groups is 2. The number of carbonyl (C=O) groups excluding carboxylic acids is 2. The molecule has 5 aliphatic heterocycles. The number of amides is 2. The van der Waals surface area contributed by atoms with E-state index in [-0.39, 0.29) is 23.1 Å². The van der Waals surface area contributed by atoms with E-state index in [1.165, 1.54) is 30.8 Å². The zero-order valence-corrected chi connectivity index (χ0v) is 33.6. The number of ether oxygens (including phenoxy) is 4. The van der Waals surface area contributed by atoms with E-state index in [2.05, 4.69) is 17.2 Å². The molecule has 14 nitrogen and oxygen atoms in total. The summed E-state index contributed by atoms with van der Waals surface area (Å²) < 4.78 is 55.2. The third-order valence-electron chi connectivity index (χ3n) is 10.6. The van der Waals surface area contributed by atoms with Crippen LogP contribution in [0.15, 0.2) is 90.0 Å². The predicted octanol–water partition coefficient (Wildman–Crippen LogP) is 4.65. The van der Waals surface area contributed by atoms with E-state index in [9.17, 15) is 18.0 Å². The molecule has 6 heterocycles. The molecule has 2 bridgehead atoms. The van der Waals surface area contributed by atoms with Crippen molar-refractivity contribution in [3.8, 4) is 5.75 Å². The molecule has 4 fully saturated rings. The van der Waals surface area contributed by atoms with E-state index >= 15 is 0 Å². The maximum atomic E-state index is 14.7. The van der Waals surface area contributed by atoms with Crippen LogP contribution in [0.4, 0.5) is 5.69 Å². The van der Waals surface area contributed by atoms with Crippen LogP contribution < -0.4 is 9.04 Å². The topological polar surface area (TPSA) is 146 Å². The number of hydrogen-bond acceptors (Lipinski definition) is 12. The van der Waals surface area contributed by atoms with Gasteiger partial charge in [0.25, 0.3) is 21.8 Å². The number of benzene rings is 3. The number of para-hydroxylation sites is 1. The zero-order valence-electron chi connectivity index (χ0n) is 31.2. The smallest absolute Gasteiger partial charge is 0.266 e. The molecular weight excluding hydrogens is 777 g/mol. The highest BCUT2D eigenvalue weighted by Crippen LogP contribution is 2.69. The van der Waals surface area contributed by atoms with Crippen molar-refractivity contribution in [1.29, 1.82) is 0 Å². The number of fused-ring (bicyclic) bond motifs is 5. The van der Waals surface area contributed by atoms with Crippen LogP contribution in [-0.4, -0.2) is 108 Å². The summed E-state index contributed by atoms with van der Waals surface area (Å²) in [7, 11) is 0.183. The second-order valence-electron chi connectivity index (χ2n) is 14.1. The molecule has 0 saturated carbocycles. The summed E-state index contributed by atoms with van der Waals surface area (Å²) in [5.74, 6) is 0.167. The largest absolute Gasteiger partial charge is 0.494 e. The van der Waals surface area contributed by atoms with Crippen LogP contribution in [0.3, 0.4) is 0 Å². The molecule has 2 amide bonds. The number of aromatic nitrogens is 3. The maximum absolute atomic E-state index is 14.7. The van der Waals surface area contributed by atoms with Crippen molar-refractivity contribution in [2.75, 3.05) is 51.0 Å².